The number of aryl methyl sites for hydroxylation is 1. The number of carbonyl (C=O) groups is 2. The molecule has 4 aromatic rings. The molecule has 5 rings (SSSR count). The fraction of sp³-hybridized carbons (Fsp3) is 0.382. The molecule has 6 atom stereocenters. The van der Waals surface area contributed by atoms with Crippen LogP contribution >= 0.6 is 0 Å². The number of ether oxygens (including phenoxy) is 3. The highest BCUT2D eigenvalue weighted by Gasteiger charge is 2.43. The van der Waals surface area contributed by atoms with E-state index in [9.17, 15) is 28.2 Å². The summed E-state index contributed by atoms with van der Waals surface area (Å²) in [5, 5.41) is 33.4. The first-order valence-electron chi connectivity index (χ1n) is 16.3. The van der Waals surface area contributed by atoms with Crippen LogP contribution in [0.4, 0.5) is 0 Å². The molecule has 51 heavy (non-hydrogen) atoms. The van der Waals surface area contributed by atoms with E-state index in [0.29, 0.717) is 34.9 Å². The molecule has 1 aromatic heterocycles. The second kappa shape index (κ2) is 17.0. The van der Waals surface area contributed by atoms with E-state index in [2.05, 4.69) is 15.4 Å². The van der Waals surface area contributed by atoms with Crippen molar-refractivity contribution in [2.75, 3.05) is 6.61 Å². The van der Waals surface area contributed by atoms with Gasteiger partial charge in [0.25, 0.3) is 5.91 Å². The lowest BCUT2D eigenvalue weighted by atomic mass is 10.00. The minimum atomic E-state index is -4.53. The molecule has 0 saturated carbocycles. The highest BCUT2D eigenvalue weighted by Crippen LogP contribution is 2.26. The van der Waals surface area contributed by atoms with E-state index >= 15 is 0 Å². The second-order valence-corrected chi connectivity index (χ2v) is 13.4. The maximum atomic E-state index is 12.4. The number of aliphatic hydroxyl groups is 2. The minimum absolute atomic E-state index is 0.161. The smallest absolute Gasteiger partial charge is 0.362 e. The van der Waals surface area contributed by atoms with Crippen molar-refractivity contribution in [1.82, 2.24) is 24.9 Å². The van der Waals surface area contributed by atoms with Gasteiger partial charge in [0.2, 0.25) is 5.82 Å². The van der Waals surface area contributed by atoms with Crippen LogP contribution in [0.15, 0.2) is 78.9 Å². The third-order valence-electron chi connectivity index (χ3n) is 8.35. The molecule has 1 amide bonds. The molecule has 1 fully saturated rings. The van der Waals surface area contributed by atoms with Crippen LogP contribution in [-0.4, -0.2) is 87.8 Å². The number of amides is 1. The summed E-state index contributed by atoms with van der Waals surface area (Å²) in [5.74, 6) is -0.208. The summed E-state index contributed by atoms with van der Waals surface area (Å²) >= 11 is 0. The third kappa shape index (κ3) is 10.2. The number of hydrogen-bond acceptors (Lipinski definition) is 14. The summed E-state index contributed by atoms with van der Waals surface area (Å²) in [6.07, 6.45) is -4.11. The normalized spacial score (nSPS) is 20.0. The molecule has 1 aliphatic heterocycles. The molecule has 0 unspecified atom stereocenters. The largest absolute Gasteiger partial charge is 0.457 e. The number of esters is 1. The van der Waals surface area contributed by atoms with Crippen molar-refractivity contribution >= 4 is 22.2 Å². The second-order valence-electron chi connectivity index (χ2n) is 12.0. The average Bonchev–Trinajstić information content (AvgIpc) is 3.72. The Bertz CT molecular complexity index is 1860. The molecule has 0 bridgehead atoms. The first-order valence-corrected chi connectivity index (χ1v) is 17.7. The standard InChI is InChI=1S/C34H40N6O10S/c1-3-21(2)29(35)33(43)38-51(45,46)48-20-28-31(42)30(41)27(50-28)17-18-40-37-32(36-39-40)23-9-13-25(14-10-23)49-26-15-11-24(12-16-26)34(44)47-19-22-7-5-4-6-8-22/h4-16,21,27-31,41-42H,3,17-20,35H2,1-2H3,(H,38,43)/t21-,27-,28+,29-,30-,31+/m0/s1. The molecule has 2 heterocycles. The first-order chi connectivity index (χ1) is 24.4. The number of benzene rings is 3. The maximum absolute atomic E-state index is 12.4. The van der Waals surface area contributed by atoms with Crippen LogP contribution in [-0.2, 0) is 41.9 Å². The Morgan fingerprint density at radius 1 is 0.980 bits per heavy atom. The number of hydrogen-bond donors (Lipinski definition) is 4. The quantitative estimate of drug-likeness (QED) is 0.121. The number of rotatable bonds is 16. The van der Waals surface area contributed by atoms with Crippen molar-refractivity contribution in [2.24, 2.45) is 11.7 Å². The minimum Gasteiger partial charge on any atom is -0.457 e. The van der Waals surface area contributed by atoms with Crippen LogP contribution in [0.1, 0.15) is 42.6 Å². The molecule has 17 heteroatoms. The fourth-order valence-electron chi connectivity index (χ4n) is 5.06. The van der Waals surface area contributed by atoms with Gasteiger partial charge in [-0.25, -0.2) is 9.52 Å². The van der Waals surface area contributed by atoms with E-state index in [1.165, 1.54) is 4.80 Å². The summed E-state index contributed by atoms with van der Waals surface area (Å²) in [4.78, 5) is 25.8. The number of nitrogens with zero attached hydrogens (tertiary/aromatic N) is 4. The summed E-state index contributed by atoms with van der Waals surface area (Å²) in [6, 6.07) is 21.9. The number of nitrogens with one attached hydrogen (secondary N) is 1. The van der Waals surface area contributed by atoms with Gasteiger partial charge in [-0.05, 0) is 71.6 Å². The average molecular weight is 725 g/mol. The van der Waals surface area contributed by atoms with Crippen LogP contribution in [0.3, 0.4) is 0 Å². The predicted molar refractivity (Wildman–Crippen MR) is 181 cm³/mol. The fourth-order valence-corrected chi connectivity index (χ4v) is 5.82. The van der Waals surface area contributed by atoms with Crippen LogP contribution in [0.5, 0.6) is 11.5 Å². The lowest BCUT2D eigenvalue weighted by Crippen LogP contribution is -2.47. The number of tetrazole rings is 1. The van der Waals surface area contributed by atoms with Crippen molar-refractivity contribution in [3.05, 3.63) is 90.0 Å². The lowest BCUT2D eigenvalue weighted by molar-refractivity contribution is -0.121. The van der Waals surface area contributed by atoms with Gasteiger partial charge in [-0.15, -0.1) is 10.2 Å². The topological polar surface area (TPSA) is 227 Å². The summed E-state index contributed by atoms with van der Waals surface area (Å²) in [7, 11) is -4.53. The zero-order valence-corrected chi connectivity index (χ0v) is 28.8. The van der Waals surface area contributed by atoms with Crippen LogP contribution in [0.2, 0.25) is 0 Å². The van der Waals surface area contributed by atoms with Gasteiger partial charge in [0.15, 0.2) is 0 Å². The molecule has 5 N–H and O–H groups in total. The molecular formula is C34H40N6O10S. The van der Waals surface area contributed by atoms with Gasteiger partial charge in [-0.3, -0.25) is 8.98 Å². The lowest BCUT2D eigenvalue weighted by Gasteiger charge is -2.18. The number of carbonyl (C=O) groups excluding carboxylic acids is 2. The maximum Gasteiger partial charge on any atom is 0.362 e. The van der Waals surface area contributed by atoms with Crippen molar-refractivity contribution < 1.29 is 46.6 Å². The highest BCUT2D eigenvalue weighted by molar-refractivity contribution is 7.85. The molecule has 1 aliphatic rings. The number of nitrogens with two attached hydrogens (primary N) is 1. The van der Waals surface area contributed by atoms with Crippen LogP contribution in [0, 0.1) is 5.92 Å². The van der Waals surface area contributed by atoms with Gasteiger partial charge in [-0.2, -0.15) is 13.2 Å². The summed E-state index contributed by atoms with van der Waals surface area (Å²) in [6.45, 7) is 3.23. The molecule has 0 aliphatic carbocycles. The molecule has 3 aromatic carbocycles. The molecule has 272 valence electrons. The first kappa shape index (κ1) is 37.5. The van der Waals surface area contributed by atoms with Gasteiger partial charge in [0.1, 0.15) is 36.4 Å². The van der Waals surface area contributed by atoms with Crippen LogP contribution < -0.4 is 15.2 Å². The molecule has 0 radical (unpaired) electrons. The van der Waals surface area contributed by atoms with E-state index in [-0.39, 0.29) is 25.5 Å². The van der Waals surface area contributed by atoms with Crippen molar-refractivity contribution in [1.29, 1.82) is 0 Å². The van der Waals surface area contributed by atoms with Gasteiger partial charge in [0, 0.05) is 5.56 Å². The van der Waals surface area contributed by atoms with Crippen molar-refractivity contribution in [3.63, 3.8) is 0 Å². The number of aromatic nitrogens is 4. The van der Waals surface area contributed by atoms with Crippen molar-refractivity contribution in [3.8, 4) is 22.9 Å². The molecular weight excluding hydrogens is 684 g/mol. The van der Waals surface area contributed by atoms with Gasteiger partial charge in [0.05, 0.1) is 30.9 Å². The zero-order valence-electron chi connectivity index (χ0n) is 27.9. The van der Waals surface area contributed by atoms with Crippen LogP contribution in [0.25, 0.3) is 11.4 Å². The zero-order chi connectivity index (χ0) is 36.5. The van der Waals surface area contributed by atoms with E-state index in [0.717, 1.165) is 5.56 Å². The molecule has 0 spiro atoms. The van der Waals surface area contributed by atoms with Gasteiger partial charge >= 0.3 is 16.3 Å². The number of aliphatic hydroxyl groups excluding tert-OH is 2. The van der Waals surface area contributed by atoms with E-state index in [4.69, 9.17) is 24.1 Å². The van der Waals surface area contributed by atoms with Crippen molar-refractivity contribution in [2.45, 2.75) is 70.3 Å². The Morgan fingerprint density at radius 3 is 2.29 bits per heavy atom. The highest BCUT2D eigenvalue weighted by atomic mass is 32.2. The van der Waals surface area contributed by atoms with E-state index in [1.807, 2.05) is 37.3 Å². The van der Waals surface area contributed by atoms with E-state index in [1.54, 1.807) is 60.2 Å². The Balaban J connectivity index is 1.07. The summed E-state index contributed by atoms with van der Waals surface area (Å²) < 4.78 is 48.0. The Labute approximate surface area is 294 Å². The Kier molecular flexibility index (Phi) is 12.5. The van der Waals surface area contributed by atoms with Gasteiger partial charge < -0.3 is 30.2 Å². The Morgan fingerprint density at radius 2 is 1.63 bits per heavy atom. The third-order valence-corrected chi connectivity index (χ3v) is 9.25. The summed E-state index contributed by atoms with van der Waals surface area (Å²) in [5.41, 5.74) is 7.73. The van der Waals surface area contributed by atoms with E-state index < -0.39 is 59.2 Å². The molecule has 1 saturated heterocycles. The Hall–Kier alpha value is -4.78. The SMILES string of the molecule is CC[C@H](C)[C@H](N)C(=O)NS(=O)(=O)OC[C@H]1O[C@@H](CCn2nnc(-c3ccc(Oc4ccc(C(=O)OCc5ccccc5)cc4)cc3)n2)[C@H](O)[C@@H]1O. The monoisotopic (exact) mass is 724 g/mol. The molecule has 16 nitrogen and oxygen atoms in total. The van der Waals surface area contributed by atoms with Gasteiger partial charge in [-0.1, -0.05) is 50.6 Å². The predicted octanol–water partition coefficient (Wildman–Crippen LogP) is 2.12.